The molecule has 0 spiro atoms. The van der Waals surface area contributed by atoms with Crippen molar-refractivity contribution >= 4 is 21.4 Å². The van der Waals surface area contributed by atoms with E-state index in [2.05, 4.69) is 5.14 Å². The van der Waals surface area contributed by atoms with Gasteiger partial charge in [-0.1, -0.05) is 18.2 Å². The van der Waals surface area contributed by atoms with Gasteiger partial charge in [0.15, 0.2) is 0 Å². The first-order chi connectivity index (χ1) is 6.34. The summed E-state index contributed by atoms with van der Waals surface area (Å²) in [6, 6.07) is 7.42. The minimum atomic E-state index is -4.00. The van der Waals surface area contributed by atoms with Gasteiger partial charge in [0.25, 0.3) is 10.1 Å². The van der Waals surface area contributed by atoms with Crippen molar-refractivity contribution in [2.45, 2.75) is 4.90 Å². The van der Waals surface area contributed by atoms with E-state index >= 15 is 0 Å². The molecule has 1 unspecified atom stereocenters. The van der Waals surface area contributed by atoms with Gasteiger partial charge >= 0.3 is 18.9 Å². The summed E-state index contributed by atoms with van der Waals surface area (Å²) in [5.41, 5.74) is 0. The Morgan fingerprint density at radius 1 is 1.27 bits per heavy atom. The number of hydrogen-bond acceptors (Lipinski definition) is 4. The second-order valence-corrected chi connectivity index (χ2v) is 3.99. The van der Waals surface area contributed by atoms with Crippen LogP contribution in [0.1, 0.15) is 0 Å². The van der Waals surface area contributed by atoms with Crippen LogP contribution in [-0.4, -0.2) is 21.7 Å². The van der Waals surface area contributed by atoms with Gasteiger partial charge in [0.05, 0.1) is 4.90 Å². The molecule has 6 nitrogen and oxygen atoms in total. The van der Waals surface area contributed by atoms with Gasteiger partial charge in [-0.3, -0.25) is 13.9 Å². The van der Waals surface area contributed by atoms with Crippen LogP contribution in [0, 0.1) is 0 Å². The van der Waals surface area contributed by atoms with E-state index in [-0.39, 0.29) is 23.8 Å². The van der Waals surface area contributed by atoms with Crippen molar-refractivity contribution in [1.82, 2.24) is 0 Å². The minimum absolute atomic E-state index is 0. The van der Waals surface area contributed by atoms with E-state index in [1.165, 1.54) is 12.1 Å². The Morgan fingerprint density at radius 2 is 1.60 bits per heavy atom. The molecule has 1 rings (SSSR count). The standard InChI is InChI=1S/C6H6O3S.Li.H3NO2S/c7-10(8,9)6-4-2-1-3-5-6;;1-4(2)3/h1-5H,(H,7,8,9);;1H2,(H,2,3)/q;+1;/p-1. The molecule has 1 aromatic rings. The van der Waals surface area contributed by atoms with Crippen molar-refractivity contribution in [3.63, 3.8) is 0 Å². The Bertz CT molecular complexity index is 389. The molecule has 15 heavy (non-hydrogen) atoms. The molecule has 0 aliphatic rings. The van der Waals surface area contributed by atoms with Gasteiger partial charge in [-0.05, 0) is 12.1 Å². The molecule has 1 aromatic carbocycles. The molecule has 3 N–H and O–H groups in total. The zero-order valence-electron chi connectivity index (χ0n) is 7.86. The number of nitrogens with two attached hydrogens (primary N) is 1. The summed E-state index contributed by atoms with van der Waals surface area (Å²) in [6.45, 7) is 0. The Labute approximate surface area is 102 Å². The van der Waals surface area contributed by atoms with Crippen LogP contribution in [0.25, 0.3) is 0 Å². The molecule has 0 saturated heterocycles. The monoisotopic (exact) mass is 245 g/mol. The van der Waals surface area contributed by atoms with Crippen molar-refractivity contribution in [2.24, 2.45) is 5.14 Å². The van der Waals surface area contributed by atoms with Crippen LogP contribution in [0.5, 0.6) is 0 Å². The van der Waals surface area contributed by atoms with Gasteiger partial charge in [0.2, 0.25) is 0 Å². The summed E-state index contributed by atoms with van der Waals surface area (Å²) >= 11 is -2.36. The molecule has 80 valence electrons. The van der Waals surface area contributed by atoms with E-state index in [1.807, 2.05) is 0 Å². The zero-order valence-corrected chi connectivity index (χ0v) is 9.49. The Kier molecular flexibility index (Phi) is 9.18. The average Bonchev–Trinajstić information content (AvgIpc) is 2.03. The fraction of sp³-hybridized carbons (Fsp3) is 0. The van der Waals surface area contributed by atoms with Gasteiger partial charge in [-0.15, -0.1) is 0 Å². The van der Waals surface area contributed by atoms with Crippen molar-refractivity contribution in [1.29, 1.82) is 0 Å². The van der Waals surface area contributed by atoms with Gasteiger partial charge in [0.1, 0.15) is 0 Å². The number of benzene rings is 1. The maximum Gasteiger partial charge on any atom is 1.00 e. The Balaban J connectivity index is 0. The average molecular weight is 245 g/mol. The molecule has 0 amide bonds. The third kappa shape index (κ3) is 10.1. The molecular formula is C6H8LiNO5S2. The van der Waals surface area contributed by atoms with Crippen molar-refractivity contribution in [3.8, 4) is 0 Å². The molecular weight excluding hydrogens is 237 g/mol. The van der Waals surface area contributed by atoms with Crippen molar-refractivity contribution in [2.75, 3.05) is 0 Å². The molecule has 1 atom stereocenters. The van der Waals surface area contributed by atoms with E-state index in [4.69, 9.17) is 13.3 Å². The topological polar surface area (TPSA) is 121 Å². The quantitative estimate of drug-likeness (QED) is 0.304. The van der Waals surface area contributed by atoms with Crippen molar-refractivity contribution < 1.29 is 40.6 Å². The largest absolute Gasteiger partial charge is 1.00 e. The van der Waals surface area contributed by atoms with Crippen LogP contribution in [0.3, 0.4) is 0 Å². The number of hydrogen-bond donors (Lipinski definition) is 2. The van der Waals surface area contributed by atoms with E-state index in [0.717, 1.165) is 0 Å². The van der Waals surface area contributed by atoms with Crippen LogP contribution < -0.4 is 24.0 Å². The summed E-state index contributed by atoms with van der Waals surface area (Å²) in [4.78, 5) is -0.0741. The van der Waals surface area contributed by atoms with Crippen LogP contribution in [-0.2, 0) is 21.4 Å². The van der Waals surface area contributed by atoms with Gasteiger partial charge in [0, 0.05) is 11.3 Å². The first kappa shape index (κ1) is 17.2. The van der Waals surface area contributed by atoms with Crippen LogP contribution in [0.15, 0.2) is 35.2 Å². The maximum atomic E-state index is 10.4. The van der Waals surface area contributed by atoms with E-state index in [1.54, 1.807) is 18.2 Å². The Hall–Kier alpha value is -0.203. The second kappa shape index (κ2) is 8.01. The van der Waals surface area contributed by atoms with Crippen molar-refractivity contribution in [3.05, 3.63) is 30.3 Å². The molecule has 0 bridgehead atoms. The molecule has 0 saturated carbocycles. The predicted octanol–water partition coefficient (Wildman–Crippen LogP) is -3.32. The van der Waals surface area contributed by atoms with Crippen LogP contribution in [0.2, 0.25) is 0 Å². The summed E-state index contributed by atoms with van der Waals surface area (Å²) in [5, 5.41) is 4.03. The first-order valence-electron chi connectivity index (χ1n) is 3.20. The fourth-order valence-corrected chi connectivity index (χ4v) is 1.09. The van der Waals surface area contributed by atoms with E-state index < -0.39 is 21.4 Å². The molecule has 0 fully saturated rings. The third-order valence-electron chi connectivity index (χ3n) is 1.04. The molecule has 0 aliphatic carbocycles. The maximum absolute atomic E-state index is 10.4. The van der Waals surface area contributed by atoms with Crippen LogP contribution in [0.4, 0.5) is 0 Å². The van der Waals surface area contributed by atoms with E-state index in [9.17, 15) is 8.42 Å². The van der Waals surface area contributed by atoms with Gasteiger partial charge in [-0.2, -0.15) is 8.42 Å². The summed E-state index contributed by atoms with van der Waals surface area (Å²) in [7, 11) is -4.00. The van der Waals surface area contributed by atoms with Gasteiger partial charge < -0.3 is 4.55 Å². The normalized spacial score (nSPS) is 11.7. The molecule has 0 aromatic heterocycles. The second-order valence-electron chi connectivity index (χ2n) is 2.05. The fourth-order valence-electron chi connectivity index (χ4n) is 0.592. The number of rotatable bonds is 1. The predicted molar refractivity (Wildman–Crippen MR) is 49.4 cm³/mol. The van der Waals surface area contributed by atoms with E-state index in [0.29, 0.717) is 0 Å². The third-order valence-corrected chi connectivity index (χ3v) is 1.91. The summed E-state index contributed by atoms with van der Waals surface area (Å²) in [5.74, 6) is 0. The van der Waals surface area contributed by atoms with Crippen LogP contribution >= 0.6 is 0 Å². The molecule has 0 radical (unpaired) electrons. The Morgan fingerprint density at radius 3 is 1.80 bits per heavy atom. The SMILES string of the molecule is NS(=O)[O-].O=S(=O)(O)c1ccccc1.[Li+]. The van der Waals surface area contributed by atoms with Gasteiger partial charge in [-0.25, -0.2) is 0 Å². The molecule has 0 aliphatic heterocycles. The zero-order chi connectivity index (χ0) is 11.2. The first-order valence-corrected chi connectivity index (χ1v) is 5.78. The smallest absolute Gasteiger partial charge is 0.760 e. The summed E-state index contributed by atoms with van der Waals surface area (Å²) in [6.07, 6.45) is 0. The summed E-state index contributed by atoms with van der Waals surface area (Å²) < 4.78 is 46.8. The molecule has 0 heterocycles. The molecule has 9 heteroatoms. The minimum Gasteiger partial charge on any atom is -0.760 e.